The van der Waals surface area contributed by atoms with Gasteiger partial charge in [0.15, 0.2) is 0 Å². The van der Waals surface area contributed by atoms with Gasteiger partial charge < -0.3 is 5.32 Å². The van der Waals surface area contributed by atoms with Gasteiger partial charge in [-0.25, -0.2) is 0 Å². The highest BCUT2D eigenvalue weighted by atomic mass is 32.2. The Labute approximate surface area is 102 Å². The molecule has 0 aliphatic carbocycles. The van der Waals surface area contributed by atoms with Crippen LogP contribution in [0.25, 0.3) is 0 Å². The van der Waals surface area contributed by atoms with E-state index in [4.69, 9.17) is 0 Å². The van der Waals surface area contributed by atoms with Crippen LogP contribution >= 0.6 is 23.1 Å². The van der Waals surface area contributed by atoms with E-state index < -0.39 is 0 Å². The molecule has 2 atom stereocenters. The fraction of sp³-hybridized carbons (Fsp3) is 0.667. The molecule has 1 aromatic heterocycles. The number of thiophene rings is 1. The molecule has 0 fully saturated rings. The zero-order valence-electron chi connectivity index (χ0n) is 9.82. The molecule has 1 aromatic rings. The lowest BCUT2D eigenvalue weighted by Gasteiger charge is -2.22. The molecule has 0 amide bonds. The smallest absolute Gasteiger partial charge is 0.0601 e. The topological polar surface area (TPSA) is 12.0 Å². The molecule has 0 bridgehead atoms. The fourth-order valence-electron chi connectivity index (χ4n) is 1.57. The van der Waals surface area contributed by atoms with Crippen molar-refractivity contribution in [2.45, 2.75) is 49.1 Å². The van der Waals surface area contributed by atoms with Crippen LogP contribution in [0.1, 0.15) is 33.6 Å². The Morgan fingerprint density at radius 2 is 2.27 bits per heavy atom. The maximum absolute atomic E-state index is 3.62. The number of nitrogens with one attached hydrogen (secondary N) is 1. The Bertz CT molecular complexity index is 246. The summed E-state index contributed by atoms with van der Waals surface area (Å²) in [6.07, 6.45) is 2.42. The predicted molar refractivity (Wildman–Crippen MR) is 72.0 cm³/mol. The van der Waals surface area contributed by atoms with Crippen molar-refractivity contribution >= 4 is 23.1 Å². The summed E-state index contributed by atoms with van der Waals surface area (Å²) < 4.78 is 1.43. The van der Waals surface area contributed by atoms with E-state index in [-0.39, 0.29) is 0 Å². The van der Waals surface area contributed by atoms with Gasteiger partial charge in [0, 0.05) is 11.3 Å². The molecule has 1 N–H and O–H groups in total. The third-order valence-corrected chi connectivity index (χ3v) is 4.77. The van der Waals surface area contributed by atoms with Gasteiger partial charge in [-0.2, -0.15) is 0 Å². The lowest BCUT2D eigenvalue weighted by Crippen LogP contribution is -2.36. The molecule has 0 saturated heterocycles. The lowest BCUT2D eigenvalue weighted by molar-refractivity contribution is 0.494. The van der Waals surface area contributed by atoms with Crippen molar-refractivity contribution in [3.05, 3.63) is 17.5 Å². The lowest BCUT2D eigenvalue weighted by atomic mass is 10.1. The zero-order valence-corrected chi connectivity index (χ0v) is 11.5. The fourth-order valence-corrected chi connectivity index (χ4v) is 3.84. The van der Waals surface area contributed by atoms with Crippen LogP contribution in [0.2, 0.25) is 0 Å². The van der Waals surface area contributed by atoms with E-state index in [0.29, 0.717) is 11.3 Å². The summed E-state index contributed by atoms with van der Waals surface area (Å²) in [6, 6.07) is 4.97. The van der Waals surface area contributed by atoms with E-state index in [2.05, 4.69) is 43.6 Å². The average molecular weight is 243 g/mol. The van der Waals surface area contributed by atoms with E-state index in [0.717, 1.165) is 6.54 Å². The van der Waals surface area contributed by atoms with Crippen LogP contribution in [-0.4, -0.2) is 17.8 Å². The van der Waals surface area contributed by atoms with Crippen LogP contribution in [0.5, 0.6) is 0 Å². The van der Waals surface area contributed by atoms with E-state index in [1.165, 1.54) is 17.1 Å². The van der Waals surface area contributed by atoms with Crippen molar-refractivity contribution in [2.24, 2.45) is 0 Å². The van der Waals surface area contributed by atoms with Gasteiger partial charge in [-0.15, -0.1) is 23.1 Å². The molecular formula is C12H21NS2. The van der Waals surface area contributed by atoms with Crippen molar-refractivity contribution < 1.29 is 0 Å². The van der Waals surface area contributed by atoms with Crippen molar-refractivity contribution in [3.8, 4) is 0 Å². The molecule has 0 spiro atoms. The predicted octanol–water partition coefficient (Wildman–Crippen LogP) is 4.01. The van der Waals surface area contributed by atoms with Crippen LogP contribution in [0, 0.1) is 0 Å². The maximum atomic E-state index is 3.62. The Morgan fingerprint density at radius 1 is 1.47 bits per heavy atom. The van der Waals surface area contributed by atoms with Gasteiger partial charge >= 0.3 is 0 Å². The molecule has 15 heavy (non-hydrogen) atoms. The summed E-state index contributed by atoms with van der Waals surface area (Å²) in [6.45, 7) is 7.94. The van der Waals surface area contributed by atoms with Gasteiger partial charge in [0.2, 0.25) is 0 Å². The Hall–Kier alpha value is 0.01000. The maximum Gasteiger partial charge on any atom is 0.0601 e. The summed E-state index contributed by atoms with van der Waals surface area (Å²) >= 11 is 3.83. The number of thioether (sulfide) groups is 1. The molecule has 2 unspecified atom stereocenters. The SMILES string of the molecule is CCCNC(CC)C(C)Sc1cccs1. The monoisotopic (exact) mass is 243 g/mol. The van der Waals surface area contributed by atoms with Crippen LogP contribution in [-0.2, 0) is 0 Å². The third kappa shape index (κ3) is 4.58. The minimum absolute atomic E-state index is 0.636. The second kappa shape index (κ2) is 7.31. The van der Waals surface area contributed by atoms with E-state index >= 15 is 0 Å². The standard InChI is InChI=1S/C12H21NS2/c1-4-8-13-11(5-2)10(3)15-12-7-6-9-14-12/h6-7,9-11,13H,4-5,8H2,1-3H3. The first-order chi connectivity index (χ1) is 7.27. The normalized spacial score (nSPS) is 15.1. The molecule has 3 heteroatoms. The van der Waals surface area contributed by atoms with Gasteiger partial charge in [0.1, 0.15) is 0 Å². The van der Waals surface area contributed by atoms with Crippen LogP contribution < -0.4 is 5.32 Å². The molecule has 0 radical (unpaired) electrons. The first-order valence-electron chi connectivity index (χ1n) is 5.71. The number of hydrogen-bond acceptors (Lipinski definition) is 3. The molecule has 0 saturated carbocycles. The summed E-state index contributed by atoms with van der Waals surface area (Å²) in [4.78, 5) is 0. The minimum atomic E-state index is 0.636. The molecule has 1 nitrogen and oxygen atoms in total. The average Bonchev–Trinajstić information content (AvgIpc) is 2.71. The second-order valence-electron chi connectivity index (χ2n) is 3.72. The largest absolute Gasteiger partial charge is 0.313 e. The minimum Gasteiger partial charge on any atom is -0.313 e. The second-order valence-corrected chi connectivity index (χ2v) is 6.35. The molecular weight excluding hydrogens is 222 g/mol. The Balaban J connectivity index is 2.39. The Kier molecular flexibility index (Phi) is 6.37. The Morgan fingerprint density at radius 3 is 2.80 bits per heavy atom. The molecule has 1 heterocycles. The van der Waals surface area contributed by atoms with Crippen molar-refractivity contribution in [2.75, 3.05) is 6.54 Å². The molecule has 0 aromatic carbocycles. The van der Waals surface area contributed by atoms with Gasteiger partial charge in [-0.05, 0) is 30.8 Å². The summed E-state index contributed by atoms with van der Waals surface area (Å²) in [7, 11) is 0. The van der Waals surface area contributed by atoms with Gasteiger partial charge in [0.05, 0.1) is 4.21 Å². The first-order valence-corrected chi connectivity index (χ1v) is 7.47. The first kappa shape index (κ1) is 13.1. The highest BCUT2D eigenvalue weighted by Gasteiger charge is 2.15. The van der Waals surface area contributed by atoms with Crippen molar-refractivity contribution in [1.82, 2.24) is 5.32 Å². The third-order valence-electron chi connectivity index (χ3n) is 2.46. The number of hydrogen-bond donors (Lipinski definition) is 1. The van der Waals surface area contributed by atoms with Crippen molar-refractivity contribution in [1.29, 1.82) is 0 Å². The van der Waals surface area contributed by atoms with Crippen LogP contribution in [0.15, 0.2) is 21.7 Å². The quantitative estimate of drug-likeness (QED) is 0.726. The van der Waals surface area contributed by atoms with E-state index in [9.17, 15) is 0 Å². The summed E-state index contributed by atoms with van der Waals surface area (Å²) in [5.74, 6) is 0. The zero-order chi connectivity index (χ0) is 11.1. The highest BCUT2D eigenvalue weighted by Crippen LogP contribution is 2.29. The molecule has 1 rings (SSSR count). The highest BCUT2D eigenvalue weighted by molar-refractivity contribution is 8.01. The van der Waals surface area contributed by atoms with Crippen LogP contribution in [0.3, 0.4) is 0 Å². The molecule has 0 aliphatic heterocycles. The van der Waals surface area contributed by atoms with Gasteiger partial charge in [-0.3, -0.25) is 0 Å². The number of rotatable bonds is 7. The summed E-state index contributed by atoms with van der Waals surface area (Å²) in [5, 5.41) is 6.42. The van der Waals surface area contributed by atoms with Crippen LogP contribution in [0.4, 0.5) is 0 Å². The molecule has 0 aliphatic rings. The van der Waals surface area contributed by atoms with Crippen molar-refractivity contribution in [3.63, 3.8) is 0 Å². The van der Waals surface area contributed by atoms with E-state index in [1.54, 1.807) is 0 Å². The van der Waals surface area contributed by atoms with Gasteiger partial charge in [-0.1, -0.05) is 26.8 Å². The summed E-state index contributed by atoms with van der Waals surface area (Å²) in [5.41, 5.74) is 0. The van der Waals surface area contributed by atoms with Gasteiger partial charge in [0.25, 0.3) is 0 Å². The molecule has 86 valence electrons. The van der Waals surface area contributed by atoms with E-state index in [1.807, 2.05) is 23.1 Å².